The van der Waals surface area contributed by atoms with Crippen LogP contribution in [0.3, 0.4) is 0 Å². The van der Waals surface area contributed by atoms with E-state index < -0.39 is 0 Å². The molecular weight excluding hydrogens is 230 g/mol. The maximum Gasteiger partial charge on any atom is 0.0615 e. The lowest BCUT2D eigenvalue weighted by Gasteiger charge is -2.37. The summed E-state index contributed by atoms with van der Waals surface area (Å²) in [5.74, 6) is 0.757. The molecular formula is C10H20BrNO. The van der Waals surface area contributed by atoms with Crippen molar-refractivity contribution in [3.8, 4) is 0 Å². The molecule has 78 valence electrons. The van der Waals surface area contributed by atoms with E-state index in [0.717, 1.165) is 12.5 Å². The molecule has 0 aromatic carbocycles. The van der Waals surface area contributed by atoms with Gasteiger partial charge in [-0.25, -0.2) is 0 Å². The zero-order valence-corrected chi connectivity index (χ0v) is 10.4. The predicted octanol–water partition coefficient (Wildman–Crippen LogP) is 2.13. The molecule has 13 heavy (non-hydrogen) atoms. The van der Waals surface area contributed by atoms with Gasteiger partial charge in [-0.1, -0.05) is 22.9 Å². The molecule has 3 unspecified atom stereocenters. The second-order valence-electron chi connectivity index (χ2n) is 4.08. The number of rotatable bonds is 3. The number of ether oxygens (including phenoxy) is 1. The molecule has 0 amide bonds. The number of piperidine rings is 1. The van der Waals surface area contributed by atoms with Crippen LogP contribution in [0, 0.1) is 5.92 Å². The fourth-order valence-corrected chi connectivity index (χ4v) is 2.27. The minimum Gasteiger partial charge on any atom is -0.383 e. The smallest absolute Gasteiger partial charge is 0.0615 e. The number of hydrogen-bond donors (Lipinski definition) is 0. The van der Waals surface area contributed by atoms with Crippen LogP contribution in [0.2, 0.25) is 0 Å². The zero-order valence-electron chi connectivity index (χ0n) is 8.79. The largest absolute Gasteiger partial charge is 0.383 e. The molecule has 0 aromatic rings. The summed E-state index contributed by atoms with van der Waals surface area (Å²) in [7, 11) is 1.77. The first-order chi connectivity index (χ1) is 6.15. The van der Waals surface area contributed by atoms with Crippen molar-refractivity contribution < 1.29 is 4.74 Å². The third kappa shape index (κ3) is 3.22. The van der Waals surface area contributed by atoms with Crippen LogP contribution in [0.1, 0.15) is 20.3 Å². The molecule has 1 fully saturated rings. The zero-order chi connectivity index (χ0) is 9.84. The molecule has 3 atom stereocenters. The van der Waals surface area contributed by atoms with E-state index in [1.807, 2.05) is 0 Å². The van der Waals surface area contributed by atoms with E-state index in [-0.39, 0.29) is 0 Å². The maximum absolute atomic E-state index is 5.17. The third-order valence-corrected chi connectivity index (χ3v) is 4.22. The summed E-state index contributed by atoms with van der Waals surface area (Å²) < 4.78 is 5.17. The molecule has 0 spiro atoms. The van der Waals surface area contributed by atoms with Crippen molar-refractivity contribution in [2.24, 2.45) is 5.92 Å². The normalized spacial score (nSPS) is 33.2. The van der Waals surface area contributed by atoms with Crippen molar-refractivity contribution in [3.63, 3.8) is 0 Å². The van der Waals surface area contributed by atoms with Crippen molar-refractivity contribution >= 4 is 15.9 Å². The maximum atomic E-state index is 5.17. The van der Waals surface area contributed by atoms with Gasteiger partial charge in [0.25, 0.3) is 0 Å². The van der Waals surface area contributed by atoms with Gasteiger partial charge in [-0.05, 0) is 25.8 Å². The second kappa shape index (κ2) is 5.32. The molecule has 1 heterocycles. The van der Waals surface area contributed by atoms with Crippen LogP contribution in [0.15, 0.2) is 0 Å². The number of nitrogens with zero attached hydrogens (tertiary/aromatic N) is 1. The van der Waals surface area contributed by atoms with Crippen molar-refractivity contribution in [3.05, 3.63) is 0 Å². The summed E-state index contributed by atoms with van der Waals surface area (Å²) in [6.07, 6.45) is 1.26. The number of hydrogen-bond acceptors (Lipinski definition) is 2. The molecule has 3 heteroatoms. The Labute approximate surface area is 89.8 Å². The fraction of sp³-hybridized carbons (Fsp3) is 1.00. The van der Waals surface area contributed by atoms with Gasteiger partial charge >= 0.3 is 0 Å². The first kappa shape index (κ1) is 11.5. The van der Waals surface area contributed by atoms with Crippen LogP contribution in [0.4, 0.5) is 0 Å². The third-order valence-electron chi connectivity index (χ3n) is 2.86. The number of alkyl halides is 1. The SMILES string of the molecule is COCC(C)N1CCC(Br)C(C)C1. The lowest BCUT2D eigenvalue weighted by atomic mass is 9.99. The Morgan fingerprint density at radius 1 is 1.62 bits per heavy atom. The first-order valence-corrected chi connectivity index (χ1v) is 5.93. The van der Waals surface area contributed by atoms with Crippen LogP contribution in [-0.2, 0) is 4.74 Å². The van der Waals surface area contributed by atoms with Gasteiger partial charge in [0.15, 0.2) is 0 Å². The van der Waals surface area contributed by atoms with Gasteiger partial charge in [0.1, 0.15) is 0 Å². The molecule has 2 nitrogen and oxygen atoms in total. The Bertz CT molecular complexity index is 154. The lowest BCUT2D eigenvalue weighted by molar-refractivity contribution is 0.0740. The van der Waals surface area contributed by atoms with E-state index >= 15 is 0 Å². The summed E-state index contributed by atoms with van der Waals surface area (Å²) in [6, 6.07) is 0.562. The van der Waals surface area contributed by atoms with Crippen LogP contribution < -0.4 is 0 Å². The minimum atomic E-state index is 0.562. The number of halogens is 1. The van der Waals surface area contributed by atoms with Crippen LogP contribution in [0.25, 0.3) is 0 Å². The van der Waals surface area contributed by atoms with Gasteiger partial charge in [0.05, 0.1) is 6.61 Å². The van der Waals surface area contributed by atoms with Gasteiger partial charge in [0.2, 0.25) is 0 Å². The topological polar surface area (TPSA) is 12.5 Å². The minimum absolute atomic E-state index is 0.562. The second-order valence-corrected chi connectivity index (χ2v) is 5.26. The van der Waals surface area contributed by atoms with Gasteiger partial charge in [0, 0.05) is 24.5 Å². The summed E-state index contributed by atoms with van der Waals surface area (Å²) in [6.45, 7) is 7.79. The van der Waals surface area contributed by atoms with E-state index in [2.05, 4.69) is 34.7 Å². The van der Waals surface area contributed by atoms with Gasteiger partial charge in [-0.3, -0.25) is 4.90 Å². The van der Waals surface area contributed by atoms with Crippen molar-refractivity contribution in [1.29, 1.82) is 0 Å². The molecule has 1 aliphatic rings. The van der Waals surface area contributed by atoms with Gasteiger partial charge < -0.3 is 4.74 Å². The van der Waals surface area contributed by atoms with E-state index in [1.54, 1.807) is 7.11 Å². The van der Waals surface area contributed by atoms with Crippen LogP contribution in [0.5, 0.6) is 0 Å². The van der Waals surface area contributed by atoms with Crippen molar-refractivity contribution in [2.75, 3.05) is 26.8 Å². The highest BCUT2D eigenvalue weighted by Crippen LogP contribution is 2.24. The Balaban J connectivity index is 2.36. The van der Waals surface area contributed by atoms with Crippen molar-refractivity contribution in [1.82, 2.24) is 4.90 Å². The average Bonchev–Trinajstić information content (AvgIpc) is 2.10. The van der Waals surface area contributed by atoms with E-state index in [0.29, 0.717) is 10.9 Å². The Morgan fingerprint density at radius 3 is 2.85 bits per heavy atom. The molecule has 0 saturated carbocycles. The monoisotopic (exact) mass is 249 g/mol. The summed E-state index contributed by atoms with van der Waals surface area (Å²) in [5, 5.41) is 0. The van der Waals surface area contributed by atoms with Gasteiger partial charge in [-0.15, -0.1) is 0 Å². The van der Waals surface area contributed by atoms with Crippen molar-refractivity contribution in [2.45, 2.75) is 31.1 Å². The molecule has 1 saturated heterocycles. The standard InChI is InChI=1S/C10H20BrNO/c1-8-6-12(5-4-10(8)11)9(2)7-13-3/h8-10H,4-7H2,1-3H3. The lowest BCUT2D eigenvalue weighted by Crippen LogP contribution is -2.46. The molecule has 0 bridgehead atoms. The quantitative estimate of drug-likeness (QED) is 0.711. The molecule has 1 rings (SSSR count). The van der Waals surface area contributed by atoms with E-state index in [1.165, 1.54) is 19.5 Å². The Morgan fingerprint density at radius 2 is 2.31 bits per heavy atom. The van der Waals surface area contributed by atoms with E-state index in [9.17, 15) is 0 Å². The molecule has 1 aliphatic heterocycles. The summed E-state index contributed by atoms with van der Waals surface area (Å²) >= 11 is 3.71. The predicted molar refractivity (Wildman–Crippen MR) is 59.4 cm³/mol. The highest BCUT2D eigenvalue weighted by Gasteiger charge is 2.26. The highest BCUT2D eigenvalue weighted by atomic mass is 79.9. The Kier molecular flexibility index (Phi) is 4.70. The number of methoxy groups -OCH3 is 1. The number of likely N-dealkylation sites (tertiary alicyclic amines) is 1. The molecule has 0 aliphatic carbocycles. The van der Waals surface area contributed by atoms with Crippen LogP contribution >= 0.6 is 15.9 Å². The molecule has 0 aromatic heterocycles. The summed E-state index contributed by atoms with van der Waals surface area (Å²) in [5.41, 5.74) is 0. The highest BCUT2D eigenvalue weighted by molar-refractivity contribution is 9.09. The molecule has 0 radical (unpaired) electrons. The average molecular weight is 250 g/mol. The van der Waals surface area contributed by atoms with E-state index in [4.69, 9.17) is 4.74 Å². The first-order valence-electron chi connectivity index (χ1n) is 5.02. The molecule has 0 N–H and O–H groups in total. The summed E-state index contributed by atoms with van der Waals surface area (Å²) in [4.78, 5) is 3.23. The van der Waals surface area contributed by atoms with Gasteiger partial charge in [-0.2, -0.15) is 0 Å². The Hall–Kier alpha value is 0.400. The van der Waals surface area contributed by atoms with Crippen LogP contribution in [-0.4, -0.2) is 42.6 Å². The fourth-order valence-electron chi connectivity index (χ4n) is 1.90.